The maximum atomic E-state index is 12.8. The molecule has 4 unspecified atom stereocenters. The number of hydrogen-bond acceptors (Lipinski definition) is 3. The number of alkyl halides is 3. The molecule has 4 atom stereocenters. The Labute approximate surface area is 184 Å². The van der Waals surface area contributed by atoms with Crippen LogP contribution in [0.3, 0.4) is 0 Å². The number of aryl methyl sites for hydroxylation is 1. The number of halogens is 4. The summed E-state index contributed by atoms with van der Waals surface area (Å²) in [5, 5.41) is 22.2. The van der Waals surface area contributed by atoms with E-state index in [4.69, 9.17) is 11.6 Å². The largest absolute Gasteiger partial charge is 0.512 e. The fourth-order valence-corrected chi connectivity index (χ4v) is 4.91. The van der Waals surface area contributed by atoms with E-state index in [1.807, 2.05) is 25.1 Å². The van der Waals surface area contributed by atoms with Crippen LogP contribution in [0.15, 0.2) is 46.9 Å². The molecule has 8 heteroatoms. The van der Waals surface area contributed by atoms with Gasteiger partial charge in [0.15, 0.2) is 0 Å². The Morgan fingerprint density at radius 1 is 1.29 bits per heavy atom. The van der Waals surface area contributed by atoms with Crippen LogP contribution in [0.5, 0.6) is 0 Å². The van der Waals surface area contributed by atoms with E-state index in [-0.39, 0.29) is 29.3 Å². The van der Waals surface area contributed by atoms with E-state index < -0.39 is 24.5 Å². The summed E-state index contributed by atoms with van der Waals surface area (Å²) in [5.41, 5.74) is 1.79. The molecule has 0 bridgehead atoms. The fourth-order valence-electron chi connectivity index (χ4n) is 4.69. The topological polar surface area (TPSA) is 69.6 Å². The van der Waals surface area contributed by atoms with Crippen LogP contribution in [-0.2, 0) is 11.2 Å². The number of aliphatic hydroxyl groups excluding tert-OH is 2. The highest BCUT2D eigenvalue weighted by Crippen LogP contribution is 2.42. The van der Waals surface area contributed by atoms with Gasteiger partial charge < -0.3 is 15.5 Å². The number of hydrogen-bond donors (Lipinski definition) is 3. The lowest BCUT2D eigenvalue weighted by Gasteiger charge is -2.34. The molecule has 1 aromatic carbocycles. The van der Waals surface area contributed by atoms with Crippen molar-refractivity contribution in [2.75, 3.05) is 6.54 Å². The number of nitrogens with one attached hydrogen (secondary N) is 1. The quantitative estimate of drug-likeness (QED) is 0.498. The minimum Gasteiger partial charge on any atom is -0.512 e. The van der Waals surface area contributed by atoms with Gasteiger partial charge in [0.05, 0.1) is 16.7 Å². The van der Waals surface area contributed by atoms with Crippen molar-refractivity contribution in [1.82, 2.24) is 5.32 Å². The molecule has 0 spiro atoms. The zero-order valence-electron chi connectivity index (χ0n) is 17.3. The van der Waals surface area contributed by atoms with E-state index in [1.165, 1.54) is 6.08 Å². The summed E-state index contributed by atoms with van der Waals surface area (Å²) in [6.07, 6.45) is -0.0781. The number of rotatable bonds is 6. The summed E-state index contributed by atoms with van der Waals surface area (Å²) in [4.78, 5) is 12.8. The highest BCUT2D eigenvalue weighted by Gasteiger charge is 2.37. The van der Waals surface area contributed by atoms with Gasteiger partial charge >= 0.3 is 6.18 Å². The first-order chi connectivity index (χ1) is 14.6. The molecule has 3 N–H and O–H groups in total. The number of allylic oxidation sites excluding steroid dienone is 3. The average molecular weight is 458 g/mol. The first kappa shape index (κ1) is 23.5. The molecule has 2 aliphatic carbocycles. The minimum absolute atomic E-state index is 0.0224. The molecule has 3 rings (SSSR count). The van der Waals surface area contributed by atoms with Crippen molar-refractivity contribution >= 4 is 17.5 Å². The number of amides is 1. The molecule has 1 amide bonds. The van der Waals surface area contributed by atoms with Gasteiger partial charge in [0.25, 0.3) is 0 Å². The maximum Gasteiger partial charge on any atom is 0.405 e. The van der Waals surface area contributed by atoms with Crippen molar-refractivity contribution < 1.29 is 28.2 Å². The molecule has 0 saturated heterocycles. The Bertz CT molecular complexity index is 881. The molecule has 0 fully saturated rings. The number of carbonyl (C=O) groups excluding carboxylic acids is 1. The van der Waals surface area contributed by atoms with Crippen molar-refractivity contribution in [1.29, 1.82) is 0 Å². The molecule has 0 aromatic heterocycles. The average Bonchev–Trinajstić information content (AvgIpc) is 2.71. The van der Waals surface area contributed by atoms with Gasteiger partial charge in [-0.15, -0.1) is 0 Å². The molecule has 2 aliphatic rings. The fraction of sp³-hybridized carbons (Fsp3) is 0.522. The SMILES string of the molecule is CC(CCC1CCc2ccccc2C1C(=O)NCC(F)(F)F)C1CC(Cl)=C(O)C=C1O. The summed E-state index contributed by atoms with van der Waals surface area (Å²) in [5.74, 6) is -1.61. The van der Waals surface area contributed by atoms with Crippen LogP contribution >= 0.6 is 11.6 Å². The summed E-state index contributed by atoms with van der Waals surface area (Å²) < 4.78 is 38.0. The summed E-state index contributed by atoms with van der Waals surface area (Å²) >= 11 is 6.04. The maximum absolute atomic E-state index is 12.8. The lowest BCUT2D eigenvalue weighted by Crippen LogP contribution is -2.40. The minimum atomic E-state index is -4.46. The Morgan fingerprint density at radius 2 is 2.00 bits per heavy atom. The second-order valence-corrected chi connectivity index (χ2v) is 8.99. The van der Waals surface area contributed by atoms with E-state index in [2.05, 4.69) is 5.32 Å². The Morgan fingerprint density at radius 3 is 2.71 bits per heavy atom. The van der Waals surface area contributed by atoms with E-state index >= 15 is 0 Å². The first-order valence-electron chi connectivity index (χ1n) is 10.5. The predicted octanol–water partition coefficient (Wildman–Crippen LogP) is 5.90. The van der Waals surface area contributed by atoms with Crippen LogP contribution in [-0.4, -0.2) is 28.8 Å². The molecule has 0 aliphatic heterocycles. The van der Waals surface area contributed by atoms with E-state index in [0.29, 0.717) is 30.7 Å². The molecular formula is C23H27ClF3NO3. The zero-order chi connectivity index (χ0) is 22.8. The van der Waals surface area contributed by atoms with Crippen molar-refractivity contribution in [2.24, 2.45) is 17.8 Å². The molecule has 4 nitrogen and oxygen atoms in total. The van der Waals surface area contributed by atoms with Crippen LogP contribution in [0.25, 0.3) is 0 Å². The molecule has 0 radical (unpaired) electrons. The van der Waals surface area contributed by atoms with E-state index in [0.717, 1.165) is 17.5 Å². The van der Waals surface area contributed by atoms with E-state index in [9.17, 15) is 28.2 Å². The highest BCUT2D eigenvalue weighted by atomic mass is 35.5. The highest BCUT2D eigenvalue weighted by molar-refractivity contribution is 6.30. The van der Waals surface area contributed by atoms with Crippen LogP contribution in [0.2, 0.25) is 0 Å². The summed E-state index contributed by atoms with van der Waals surface area (Å²) in [6.45, 7) is 0.624. The molecule has 1 aromatic rings. The summed E-state index contributed by atoms with van der Waals surface area (Å²) in [6, 6.07) is 7.42. The number of aliphatic hydroxyl groups is 2. The Hall–Kier alpha value is -2.15. The number of benzene rings is 1. The molecule has 170 valence electrons. The van der Waals surface area contributed by atoms with Gasteiger partial charge in [-0.3, -0.25) is 4.79 Å². The lowest BCUT2D eigenvalue weighted by atomic mass is 9.71. The van der Waals surface area contributed by atoms with Gasteiger partial charge in [-0.05, 0) is 55.1 Å². The van der Waals surface area contributed by atoms with Gasteiger partial charge in [0.2, 0.25) is 5.91 Å². The van der Waals surface area contributed by atoms with Crippen molar-refractivity contribution in [3.8, 4) is 0 Å². The monoisotopic (exact) mass is 457 g/mol. The standard InChI is InChI=1S/C23H27ClF3NO3/c1-13(17-10-18(24)20(30)11-19(17)29)6-7-15-9-8-14-4-2-3-5-16(14)21(15)22(31)28-12-23(25,26)27/h2-5,11,13,15,17,21,29-30H,6-10,12H2,1H3,(H,28,31). The molecular weight excluding hydrogens is 431 g/mol. The smallest absolute Gasteiger partial charge is 0.405 e. The third-order valence-electron chi connectivity index (χ3n) is 6.41. The first-order valence-corrected chi connectivity index (χ1v) is 10.8. The van der Waals surface area contributed by atoms with Crippen molar-refractivity contribution in [3.63, 3.8) is 0 Å². The van der Waals surface area contributed by atoms with Gasteiger partial charge in [-0.25, -0.2) is 0 Å². The van der Waals surface area contributed by atoms with Gasteiger partial charge in [-0.1, -0.05) is 42.8 Å². The third-order valence-corrected chi connectivity index (χ3v) is 6.76. The van der Waals surface area contributed by atoms with Crippen LogP contribution in [0.1, 0.15) is 49.7 Å². The normalized spacial score (nSPS) is 24.9. The predicted molar refractivity (Wildman–Crippen MR) is 113 cm³/mol. The second kappa shape index (κ2) is 9.55. The van der Waals surface area contributed by atoms with Crippen LogP contribution < -0.4 is 5.32 Å². The second-order valence-electron chi connectivity index (χ2n) is 8.53. The van der Waals surface area contributed by atoms with Gasteiger partial charge in [-0.2, -0.15) is 13.2 Å². The van der Waals surface area contributed by atoms with Gasteiger partial charge in [0, 0.05) is 12.0 Å². The van der Waals surface area contributed by atoms with Crippen LogP contribution in [0, 0.1) is 17.8 Å². The van der Waals surface area contributed by atoms with Gasteiger partial charge in [0.1, 0.15) is 12.3 Å². The Balaban J connectivity index is 1.72. The summed E-state index contributed by atoms with van der Waals surface area (Å²) in [7, 11) is 0. The number of fused-ring (bicyclic) bond motifs is 1. The molecule has 0 saturated carbocycles. The third kappa shape index (κ3) is 5.76. The molecule has 0 heterocycles. The van der Waals surface area contributed by atoms with Crippen molar-refractivity contribution in [2.45, 2.75) is 51.1 Å². The molecule has 31 heavy (non-hydrogen) atoms. The lowest BCUT2D eigenvalue weighted by molar-refractivity contribution is -0.140. The number of carbonyl (C=O) groups is 1. The van der Waals surface area contributed by atoms with Crippen molar-refractivity contribution in [3.05, 3.63) is 58.0 Å². The van der Waals surface area contributed by atoms with Crippen LogP contribution in [0.4, 0.5) is 13.2 Å². The Kier molecular flexibility index (Phi) is 7.24. The zero-order valence-corrected chi connectivity index (χ0v) is 18.0. The van der Waals surface area contributed by atoms with E-state index in [1.54, 1.807) is 6.07 Å².